The van der Waals surface area contributed by atoms with E-state index in [1.165, 1.54) is 38.5 Å². The van der Waals surface area contributed by atoms with Gasteiger partial charge in [0.25, 0.3) is 0 Å². The van der Waals surface area contributed by atoms with Crippen molar-refractivity contribution in [3.8, 4) is 0 Å². The van der Waals surface area contributed by atoms with E-state index in [0.717, 1.165) is 42.8 Å². The van der Waals surface area contributed by atoms with Crippen LogP contribution in [-0.2, 0) is 11.2 Å². The maximum Gasteiger partial charge on any atom is 0.227 e. The highest BCUT2D eigenvalue weighted by Crippen LogP contribution is 2.23. The summed E-state index contributed by atoms with van der Waals surface area (Å²) in [6.45, 7) is 3.83. The van der Waals surface area contributed by atoms with Crippen molar-refractivity contribution >= 4 is 17.5 Å². The zero-order valence-electron chi connectivity index (χ0n) is 13.8. The van der Waals surface area contributed by atoms with Gasteiger partial charge in [0, 0.05) is 37.2 Å². The van der Waals surface area contributed by atoms with E-state index in [2.05, 4.69) is 4.90 Å². The van der Waals surface area contributed by atoms with Gasteiger partial charge in [-0.1, -0.05) is 49.4 Å². The summed E-state index contributed by atoms with van der Waals surface area (Å²) >= 11 is 5.90. The van der Waals surface area contributed by atoms with Gasteiger partial charge < -0.3 is 4.90 Å². The summed E-state index contributed by atoms with van der Waals surface area (Å²) in [5.74, 6) is 0.243. The van der Waals surface area contributed by atoms with Crippen molar-refractivity contribution in [2.24, 2.45) is 0 Å². The molecule has 1 aliphatic carbocycles. The third kappa shape index (κ3) is 4.71. The predicted octanol–water partition coefficient (Wildman–Crippen LogP) is 3.75. The van der Waals surface area contributed by atoms with Gasteiger partial charge in [-0.2, -0.15) is 0 Å². The molecular formula is C19H27ClN2O. The predicted molar refractivity (Wildman–Crippen MR) is 94.8 cm³/mol. The zero-order chi connectivity index (χ0) is 16.1. The minimum atomic E-state index is 0.243. The fourth-order valence-electron chi connectivity index (χ4n) is 3.85. The summed E-state index contributed by atoms with van der Waals surface area (Å²) < 4.78 is 0. The van der Waals surface area contributed by atoms with Crippen LogP contribution in [0.15, 0.2) is 24.3 Å². The van der Waals surface area contributed by atoms with Crippen LogP contribution in [0.5, 0.6) is 0 Å². The second-order valence-electron chi connectivity index (χ2n) is 6.87. The van der Waals surface area contributed by atoms with Gasteiger partial charge in [-0.15, -0.1) is 0 Å². The first kappa shape index (κ1) is 16.8. The quantitative estimate of drug-likeness (QED) is 0.786. The molecule has 0 radical (unpaired) electrons. The number of halogens is 1. The molecule has 1 saturated heterocycles. The van der Waals surface area contributed by atoms with Gasteiger partial charge in [0.1, 0.15) is 0 Å². The van der Waals surface area contributed by atoms with Crippen molar-refractivity contribution in [2.45, 2.75) is 51.0 Å². The van der Waals surface area contributed by atoms with Crippen molar-refractivity contribution in [3.63, 3.8) is 0 Å². The molecule has 4 heteroatoms. The molecule has 1 aromatic rings. The van der Waals surface area contributed by atoms with Gasteiger partial charge in [0.05, 0.1) is 6.42 Å². The summed E-state index contributed by atoms with van der Waals surface area (Å²) in [7, 11) is 0. The number of nitrogens with zero attached hydrogens (tertiary/aromatic N) is 2. The van der Waals surface area contributed by atoms with E-state index in [1.54, 1.807) is 0 Å². The molecule has 0 spiro atoms. The molecule has 3 rings (SSSR count). The van der Waals surface area contributed by atoms with E-state index < -0.39 is 0 Å². The Morgan fingerprint density at radius 1 is 0.957 bits per heavy atom. The lowest BCUT2D eigenvalue weighted by atomic mass is 10.1. The maximum absolute atomic E-state index is 12.5. The number of hydrogen-bond donors (Lipinski definition) is 0. The second-order valence-corrected chi connectivity index (χ2v) is 7.30. The first-order valence-electron chi connectivity index (χ1n) is 8.98. The highest BCUT2D eigenvalue weighted by molar-refractivity contribution is 6.30. The number of carbonyl (C=O) groups excluding carboxylic acids is 1. The number of benzene rings is 1. The van der Waals surface area contributed by atoms with Crippen LogP contribution in [0.4, 0.5) is 0 Å². The van der Waals surface area contributed by atoms with Crippen LogP contribution in [0.3, 0.4) is 0 Å². The molecule has 3 nitrogen and oxygen atoms in total. The van der Waals surface area contributed by atoms with Gasteiger partial charge in [0.2, 0.25) is 5.91 Å². The van der Waals surface area contributed by atoms with E-state index in [9.17, 15) is 4.79 Å². The number of carbonyl (C=O) groups is 1. The van der Waals surface area contributed by atoms with Crippen LogP contribution in [-0.4, -0.2) is 47.9 Å². The highest BCUT2D eigenvalue weighted by Gasteiger charge is 2.26. The summed E-state index contributed by atoms with van der Waals surface area (Å²) in [6, 6.07) is 8.36. The van der Waals surface area contributed by atoms with E-state index in [4.69, 9.17) is 11.6 Å². The maximum atomic E-state index is 12.5. The normalized spacial score (nSPS) is 21.2. The summed E-state index contributed by atoms with van der Waals surface area (Å²) in [5.41, 5.74) is 1.05. The van der Waals surface area contributed by atoms with Crippen LogP contribution in [0.1, 0.15) is 44.1 Å². The van der Waals surface area contributed by atoms with Gasteiger partial charge >= 0.3 is 0 Å². The Kier molecular flexibility index (Phi) is 5.96. The highest BCUT2D eigenvalue weighted by atomic mass is 35.5. The van der Waals surface area contributed by atoms with Gasteiger partial charge in [-0.25, -0.2) is 0 Å². The molecule has 23 heavy (non-hydrogen) atoms. The Labute approximate surface area is 144 Å². The van der Waals surface area contributed by atoms with Crippen LogP contribution >= 0.6 is 11.6 Å². The molecule has 126 valence electrons. The van der Waals surface area contributed by atoms with Crippen molar-refractivity contribution in [1.29, 1.82) is 0 Å². The van der Waals surface area contributed by atoms with Gasteiger partial charge in [0.15, 0.2) is 0 Å². The van der Waals surface area contributed by atoms with E-state index in [1.807, 2.05) is 29.2 Å². The molecule has 2 fully saturated rings. The number of hydrogen-bond acceptors (Lipinski definition) is 2. The van der Waals surface area contributed by atoms with E-state index >= 15 is 0 Å². The Bertz CT molecular complexity index is 501. The number of amides is 1. The molecule has 1 heterocycles. The standard InChI is InChI=1S/C19H27ClN2O/c20-17-9-7-16(8-10-17)15-19(23)22-13-11-21(12-14-22)18-5-3-1-2-4-6-18/h7-10,18H,1-6,11-15H2. The molecule has 0 unspecified atom stereocenters. The second kappa shape index (κ2) is 8.16. The van der Waals surface area contributed by atoms with Crippen molar-refractivity contribution in [3.05, 3.63) is 34.9 Å². The van der Waals surface area contributed by atoms with Crippen LogP contribution in [0.25, 0.3) is 0 Å². The fraction of sp³-hybridized carbons (Fsp3) is 0.632. The minimum Gasteiger partial charge on any atom is -0.340 e. The molecule has 0 aromatic heterocycles. The summed E-state index contributed by atoms with van der Waals surface area (Å²) in [5, 5.41) is 0.721. The molecule has 1 amide bonds. The van der Waals surface area contributed by atoms with Crippen molar-refractivity contribution in [1.82, 2.24) is 9.80 Å². The molecular weight excluding hydrogens is 308 g/mol. The minimum absolute atomic E-state index is 0.243. The van der Waals surface area contributed by atoms with Crippen molar-refractivity contribution < 1.29 is 4.79 Å². The Morgan fingerprint density at radius 2 is 1.57 bits per heavy atom. The molecule has 1 aromatic carbocycles. The summed E-state index contributed by atoms with van der Waals surface area (Å²) in [4.78, 5) is 17.1. The fourth-order valence-corrected chi connectivity index (χ4v) is 3.97. The zero-order valence-corrected chi connectivity index (χ0v) is 14.6. The summed E-state index contributed by atoms with van der Waals surface area (Å²) in [6.07, 6.45) is 8.73. The van der Waals surface area contributed by atoms with Gasteiger partial charge in [-0.05, 0) is 30.5 Å². The average molecular weight is 335 g/mol. The molecule has 0 N–H and O–H groups in total. The number of rotatable bonds is 3. The average Bonchev–Trinajstić information content (AvgIpc) is 2.86. The lowest BCUT2D eigenvalue weighted by Gasteiger charge is -2.39. The molecule has 0 bridgehead atoms. The van der Waals surface area contributed by atoms with Crippen molar-refractivity contribution in [2.75, 3.05) is 26.2 Å². The van der Waals surface area contributed by atoms with Gasteiger partial charge in [-0.3, -0.25) is 9.69 Å². The number of piperazine rings is 1. The first-order valence-corrected chi connectivity index (χ1v) is 9.36. The Morgan fingerprint density at radius 3 is 2.17 bits per heavy atom. The smallest absolute Gasteiger partial charge is 0.227 e. The molecule has 0 atom stereocenters. The lowest BCUT2D eigenvalue weighted by Crippen LogP contribution is -2.52. The topological polar surface area (TPSA) is 23.6 Å². The lowest BCUT2D eigenvalue weighted by molar-refractivity contribution is -0.132. The molecule has 1 saturated carbocycles. The Hall–Kier alpha value is -1.06. The SMILES string of the molecule is O=C(Cc1ccc(Cl)cc1)N1CCN(C2CCCCCC2)CC1. The van der Waals surface area contributed by atoms with Crippen LogP contribution in [0.2, 0.25) is 5.02 Å². The van der Waals surface area contributed by atoms with E-state index in [-0.39, 0.29) is 5.91 Å². The third-order valence-corrected chi connectivity index (χ3v) is 5.53. The largest absolute Gasteiger partial charge is 0.340 e. The Balaban J connectivity index is 1.48. The van der Waals surface area contributed by atoms with Crippen LogP contribution in [0, 0.1) is 0 Å². The third-order valence-electron chi connectivity index (χ3n) is 5.28. The first-order chi connectivity index (χ1) is 11.2. The molecule has 2 aliphatic rings. The molecule has 1 aliphatic heterocycles. The van der Waals surface area contributed by atoms with Crippen LogP contribution < -0.4 is 0 Å². The van der Waals surface area contributed by atoms with E-state index in [0.29, 0.717) is 6.42 Å². The monoisotopic (exact) mass is 334 g/mol.